The molecule has 0 aliphatic carbocycles. The molecule has 0 unspecified atom stereocenters. The molecule has 0 aliphatic rings. The summed E-state index contributed by atoms with van der Waals surface area (Å²) in [6, 6.07) is 5.89. The molecule has 1 heterocycles. The first kappa shape index (κ1) is 10.1. The van der Waals surface area contributed by atoms with Crippen molar-refractivity contribution in [1.29, 1.82) is 0 Å². The average molecular weight is 224 g/mol. The monoisotopic (exact) mass is 224 g/mol. The van der Waals surface area contributed by atoms with Gasteiger partial charge < -0.3 is 14.2 Å². The van der Waals surface area contributed by atoms with Gasteiger partial charge in [-0.2, -0.15) is 0 Å². The van der Waals surface area contributed by atoms with Crippen molar-refractivity contribution >= 4 is 21.4 Å². The number of rotatable bonds is 3. The highest BCUT2D eigenvalue weighted by Crippen LogP contribution is 2.47. The van der Waals surface area contributed by atoms with E-state index in [1.165, 1.54) is 0 Å². The zero-order valence-electron chi connectivity index (χ0n) is 8.87. The quantitative estimate of drug-likeness (QED) is 0.802. The van der Waals surface area contributed by atoms with E-state index >= 15 is 0 Å². The van der Waals surface area contributed by atoms with Gasteiger partial charge in [-0.1, -0.05) is 17.4 Å². The first-order valence-electron chi connectivity index (χ1n) is 4.49. The third kappa shape index (κ3) is 1.51. The lowest BCUT2D eigenvalue weighted by Crippen LogP contribution is -1.88. The van der Waals surface area contributed by atoms with Crippen molar-refractivity contribution in [2.24, 2.45) is 0 Å². The van der Waals surface area contributed by atoms with Crippen LogP contribution in [-0.4, -0.2) is 21.3 Å². The number of hydrogen-bond donors (Lipinski definition) is 0. The summed E-state index contributed by atoms with van der Waals surface area (Å²) in [5, 5.41) is 1.75. The fraction of sp³-hybridized carbons (Fsp3) is 0.273. The van der Waals surface area contributed by atoms with Crippen molar-refractivity contribution in [1.82, 2.24) is 0 Å². The highest BCUT2D eigenvalue weighted by molar-refractivity contribution is 7.21. The molecule has 0 bridgehead atoms. The standard InChI is InChI=1S/C11H12O3S/c1-12-7-5-4-6-8-9(7)10(13-2)11(14-3)15-8/h4-6H,1-3H3. The molecule has 3 nitrogen and oxygen atoms in total. The smallest absolute Gasteiger partial charge is 0.218 e. The molecule has 0 aliphatic heterocycles. The molecule has 1 aromatic heterocycles. The fourth-order valence-corrected chi connectivity index (χ4v) is 2.56. The topological polar surface area (TPSA) is 27.7 Å². The molecule has 0 saturated heterocycles. The Morgan fingerprint density at radius 2 is 1.80 bits per heavy atom. The Hall–Kier alpha value is -1.42. The molecule has 2 aromatic rings. The summed E-state index contributed by atoms with van der Waals surface area (Å²) in [7, 11) is 4.93. The van der Waals surface area contributed by atoms with Gasteiger partial charge in [-0.15, -0.1) is 0 Å². The Balaban J connectivity index is 2.78. The molecule has 15 heavy (non-hydrogen) atoms. The third-order valence-corrected chi connectivity index (χ3v) is 3.31. The minimum atomic E-state index is 0.745. The molecule has 0 spiro atoms. The summed E-state index contributed by atoms with van der Waals surface area (Å²) < 4.78 is 17.0. The van der Waals surface area contributed by atoms with E-state index in [0.717, 1.165) is 26.6 Å². The molecule has 4 heteroatoms. The minimum absolute atomic E-state index is 0.745. The van der Waals surface area contributed by atoms with Crippen LogP contribution in [0.15, 0.2) is 18.2 Å². The van der Waals surface area contributed by atoms with Gasteiger partial charge in [0.15, 0.2) is 5.75 Å². The molecular weight excluding hydrogens is 212 g/mol. The average Bonchev–Trinajstić information content (AvgIpc) is 2.66. The molecule has 0 N–H and O–H groups in total. The first-order valence-corrected chi connectivity index (χ1v) is 5.31. The molecule has 2 rings (SSSR count). The second-order valence-electron chi connectivity index (χ2n) is 2.96. The van der Waals surface area contributed by atoms with Crippen molar-refractivity contribution in [3.63, 3.8) is 0 Å². The molecular formula is C11H12O3S. The van der Waals surface area contributed by atoms with Gasteiger partial charge in [0.2, 0.25) is 5.06 Å². The van der Waals surface area contributed by atoms with Crippen LogP contribution in [0, 0.1) is 0 Å². The van der Waals surface area contributed by atoms with Crippen molar-refractivity contribution in [3.8, 4) is 16.6 Å². The van der Waals surface area contributed by atoms with E-state index in [1.54, 1.807) is 32.7 Å². The predicted octanol–water partition coefficient (Wildman–Crippen LogP) is 2.93. The summed E-state index contributed by atoms with van der Waals surface area (Å²) in [4.78, 5) is 0. The van der Waals surface area contributed by atoms with Crippen LogP contribution in [0.1, 0.15) is 0 Å². The van der Waals surface area contributed by atoms with Crippen molar-refractivity contribution in [3.05, 3.63) is 18.2 Å². The van der Waals surface area contributed by atoms with Crippen molar-refractivity contribution < 1.29 is 14.2 Å². The summed E-state index contributed by atoms with van der Waals surface area (Å²) in [6.07, 6.45) is 0. The van der Waals surface area contributed by atoms with E-state index < -0.39 is 0 Å². The normalized spacial score (nSPS) is 10.3. The molecule has 0 fully saturated rings. The lowest BCUT2D eigenvalue weighted by Gasteiger charge is -2.04. The van der Waals surface area contributed by atoms with E-state index in [9.17, 15) is 0 Å². The van der Waals surface area contributed by atoms with E-state index in [2.05, 4.69) is 0 Å². The Morgan fingerprint density at radius 1 is 1.00 bits per heavy atom. The Kier molecular flexibility index (Phi) is 2.68. The SMILES string of the molecule is COc1sc2cccc(OC)c2c1OC. The highest BCUT2D eigenvalue weighted by Gasteiger charge is 2.16. The van der Waals surface area contributed by atoms with E-state index in [4.69, 9.17) is 14.2 Å². The lowest BCUT2D eigenvalue weighted by atomic mass is 10.2. The van der Waals surface area contributed by atoms with Gasteiger partial charge in [0.1, 0.15) is 5.75 Å². The van der Waals surface area contributed by atoms with Gasteiger partial charge in [0.05, 0.1) is 26.7 Å². The Labute approximate surface area is 92.2 Å². The molecule has 1 aromatic carbocycles. The van der Waals surface area contributed by atoms with Gasteiger partial charge in [-0.25, -0.2) is 0 Å². The number of ether oxygens (including phenoxy) is 3. The zero-order chi connectivity index (χ0) is 10.8. The molecule has 0 saturated carbocycles. The fourth-order valence-electron chi connectivity index (χ4n) is 1.56. The lowest BCUT2D eigenvalue weighted by molar-refractivity contribution is 0.365. The van der Waals surface area contributed by atoms with Crippen LogP contribution in [-0.2, 0) is 0 Å². The van der Waals surface area contributed by atoms with Gasteiger partial charge in [-0.3, -0.25) is 0 Å². The molecule has 0 atom stereocenters. The third-order valence-electron chi connectivity index (χ3n) is 2.21. The van der Waals surface area contributed by atoms with Gasteiger partial charge in [-0.05, 0) is 12.1 Å². The maximum Gasteiger partial charge on any atom is 0.218 e. The second kappa shape index (κ2) is 3.98. The van der Waals surface area contributed by atoms with Crippen LogP contribution in [0.5, 0.6) is 16.6 Å². The van der Waals surface area contributed by atoms with Gasteiger partial charge >= 0.3 is 0 Å². The first-order chi connectivity index (χ1) is 7.31. The van der Waals surface area contributed by atoms with Gasteiger partial charge in [0.25, 0.3) is 0 Å². The summed E-state index contributed by atoms with van der Waals surface area (Å²) >= 11 is 1.55. The number of benzene rings is 1. The number of methoxy groups -OCH3 is 3. The number of hydrogen-bond acceptors (Lipinski definition) is 4. The van der Waals surface area contributed by atoms with Crippen LogP contribution in [0.4, 0.5) is 0 Å². The maximum absolute atomic E-state index is 5.34. The van der Waals surface area contributed by atoms with Crippen LogP contribution < -0.4 is 14.2 Å². The zero-order valence-corrected chi connectivity index (χ0v) is 9.68. The van der Waals surface area contributed by atoms with Gasteiger partial charge in [0, 0.05) is 4.70 Å². The largest absolute Gasteiger partial charge is 0.496 e. The van der Waals surface area contributed by atoms with E-state index in [0.29, 0.717) is 0 Å². The number of thiophene rings is 1. The van der Waals surface area contributed by atoms with Crippen LogP contribution in [0.25, 0.3) is 10.1 Å². The second-order valence-corrected chi connectivity index (χ2v) is 3.98. The van der Waals surface area contributed by atoms with Crippen LogP contribution in [0.3, 0.4) is 0 Å². The number of fused-ring (bicyclic) bond motifs is 1. The molecule has 80 valence electrons. The molecule has 0 amide bonds. The van der Waals surface area contributed by atoms with E-state index in [-0.39, 0.29) is 0 Å². The van der Waals surface area contributed by atoms with Crippen LogP contribution in [0.2, 0.25) is 0 Å². The summed E-state index contributed by atoms with van der Waals surface area (Å²) in [5.74, 6) is 1.55. The summed E-state index contributed by atoms with van der Waals surface area (Å²) in [5.41, 5.74) is 0. The Morgan fingerprint density at radius 3 is 2.40 bits per heavy atom. The van der Waals surface area contributed by atoms with Crippen LogP contribution >= 0.6 is 11.3 Å². The summed E-state index contributed by atoms with van der Waals surface area (Å²) in [6.45, 7) is 0. The van der Waals surface area contributed by atoms with Crippen molar-refractivity contribution in [2.45, 2.75) is 0 Å². The Bertz CT molecular complexity index is 476. The van der Waals surface area contributed by atoms with Crippen molar-refractivity contribution in [2.75, 3.05) is 21.3 Å². The van der Waals surface area contributed by atoms with E-state index in [1.807, 2.05) is 18.2 Å². The molecule has 0 radical (unpaired) electrons. The highest BCUT2D eigenvalue weighted by atomic mass is 32.1. The maximum atomic E-state index is 5.34. The predicted molar refractivity (Wildman–Crippen MR) is 61.5 cm³/mol. The minimum Gasteiger partial charge on any atom is -0.496 e.